The Balaban J connectivity index is 1.12. The summed E-state index contributed by atoms with van der Waals surface area (Å²) >= 11 is 1.62. The zero-order valence-electron chi connectivity index (χ0n) is 17.5. The van der Waals surface area contributed by atoms with E-state index in [9.17, 15) is 4.79 Å². The lowest BCUT2D eigenvalue weighted by Gasteiger charge is -2.55. The number of nitrogens with one attached hydrogen (secondary N) is 1. The number of aromatic nitrogens is 1. The second-order valence-electron chi connectivity index (χ2n) is 8.95. The second kappa shape index (κ2) is 8.38. The number of thiazole rings is 1. The van der Waals surface area contributed by atoms with Gasteiger partial charge in [-0.05, 0) is 24.8 Å². The maximum Gasteiger partial charge on any atom is 0.304 e. The quantitative estimate of drug-likeness (QED) is 0.687. The van der Waals surface area contributed by atoms with Gasteiger partial charge in [-0.2, -0.15) is 0 Å². The van der Waals surface area contributed by atoms with E-state index in [1.807, 2.05) is 5.51 Å². The molecule has 160 valence electrons. The molecule has 1 aliphatic carbocycles. The van der Waals surface area contributed by atoms with Gasteiger partial charge in [-0.1, -0.05) is 30.3 Å². The molecule has 0 unspecified atom stereocenters. The number of carbonyl (C=O) groups excluding carboxylic acids is 1. The highest BCUT2D eigenvalue weighted by molar-refractivity contribution is 7.07. The fraction of sp³-hybridized carbons (Fsp3) is 0.565. The van der Waals surface area contributed by atoms with Crippen molar-refractivity contribution in [1.82, 2.24) is 20.1 Å². The molecular formula is C23H30N4O2S. The van der Waals surface area contributed by atoms with Crippen molar-refractivity contribution in [2.24, 2.45) is 0 Å². The molecule has 0 bridgehead atoms. The lowest BCUT2D eigenvalue weighted by molar-refractivity contribution is -0.232. The Morgan fingerprint density at radius 1 is 1.27 bits per heavy atom. The SMILES string of the molecule is CC(=O)OC1(N2CCC(N[C@@H]3C[C@H]3c3ccccc3)CC2)CN(Cc2cscn2)C1. The predicted octanol–water partition coefficient (Wildman–Crippen LogP) is 2.83. The third-order valence-electron chi connectivity index (χ3n) is 6.68. The van der Waals surface area contributed by atoms with Crippen LogP contribution in [0.25, 0.3) is 0 Å². The molecule has 5 rings (SSSR count). The molecule has 7 heteroatoms. The summed E-state index contributed by atoms with van der Waals surface area (Å²) in [7, 11) is 0. The molecule has 2 aromatic rings. The zero-order chi connectivity index (χ0) is 20.6. The van der Waals surface area contributed by atoms with Crippen molar-refractivity contribution in [3.63, 3.8) is 0 Å². The van der Waals surface area contributed by atoms with Crippen LogP contribution in [0.15, 0.2) is 41.2 Å². The van der Waals surface area contributed by atoms with Crippen LogP contribution in [0, 0.1) is 0 Å². The Morgan fingerprint density at radius 3 is 2.70 bits per heavy atom. The lowest BCUT2D eigenvalue weighted by atomic mass is 9.95. The second-order valence-corrected chi connectivity index (χ2v) is 9.67. The number of ether oxygens (including phenoxy) is 1. The Kier molecular flexibility index (Phi) is 5.62. The number of hydrogen-bond donors (Lipinski definition) is 1. The van der Waals surface area contributed by atoms with E-state index in [2.05, 4.69) is 55.8 Å². The topological polar surface area (TPSA) is 57.7 Å². The van der Waals surface area contributed by atoms with E-state index < -0.39 is 5.72 Å². The van der Waals surface area contributed by atoms with Crippen LogP contribution in [-0.2, 0) is 16.1 Å². The number of rotatable bonds is 7. The molecule has 3 fully saturated rings. The minimum atomic E-state index is -0.459. The van der Waals surface area contributed by atoms with E-state index in [-0.39, 0.29) is 5.97 Å². The maximum atomic E-state index is 11.8. The third kappa shape index (κ3) is 4.30. The Morgan fingerprint density at radius 2 is 2.03 bits per heavy atom. The number of hydrogen-bond acceptors (Lipinski definition) is 7. The average Bonchev–Trinajstić information content (AvgIpc) is 3.29. The molecule has 1 N–H and O–H groups in total. The van der Waals surface area contributed by atoms with Gasteiger partial charge in [-0.15, -0.1) is 11.3 Å². The van der Waals surface area contributed by atoms with E-state index >= 15 is 0 Å². The van der Waals surface area contributed by atoms with E-state index in [1.54, 1.807) is 11.3 Å². The van der Waals surface area contributed by atoms with E-state index in [0.29, 0.717) is 18.0 Å². The van der Waals surface area contributed by atoms with Gasteiger partial charge in [0.2, 0.25) is 0 Å². The van der Waals surface area contributed by atoms with Crippen molar-refractivity contribution in [3.05, 3.63) is 52.5 Å². The molecule has 3 aliphatic rings. The van der Waals surface area contributed by atoms with Crippen LogP contribution < -0.4 is 5.32 Å². The van der Waals surface area contributed by atoms with Crippen LogP contribution in [0.5, 0.6) is 0 Å². The highest BCUT2D eigenvalue weighted by Gasteiger charge is 2.51. The van der Waals surface area contributed by atoms with Gasteiger partial charge in [0.15, 0.2) is 5.72 Å². The average molecular weight is 427 g/mol. The van der Waals surface area contributed by atoms with Gasteiger partial charge in [-0.25, -0.2) is 4.98 Å². The van der Waals surface area contributed by atoms with Crippen molar-refractivity contribution in [2.75, 3.05) is 26.2 Å². The summed E-state index contributed by atoms with van der Waals surface area (Å²) < 4.78 is 5.87. The molecule has 0 spiro atoms. The van der Waals surface area contributed by atoms with E-state index in [4.69, 9.17) is 4.74 Å². The van der Waals surface area contributed by atoms with Crippen LogP contribution in [0.2, 0.25) is 0 Å². The minimum Gasteiger partial charge on any atom is -0.441 e. The van der Waals surface area contributed by atoms with Crippen molar-refractivity contribution in [3.8, 4) is 0 Å². The monoisotopic (exact) mass is 426 g/mol. The Bertz CT molecular complexity index is 845. The molecule has 1 aromatic carbocycles. The number of esters is 1. The van der Waals surface area contributed by atoms with Gasteiger partial charge in [0.1, 0.15) is 0 Å². The Hall–Kier alpha value is -1.80. The first kappa shape index (κ1) is 20.1. The number of likely N-dealkylation sites (tertiary alicyclic amines) is 2. The van der Waals surface area contributed by atoms with Crippen LogP contribution in [0.3, 0.4) is 0 Å². The van der Waals surface area contributed by atoms with E-state index in [1.165, 1.54) is 18.9 Å². The van der Waals surface area contributed by atoms with Crippen LogP contribution in [-0.4, -0.2) is 64.7 Å². The number of nitrogens with zero attached hydrogens (tertiary/aromatic N) is 3. The van der Waals surface area contributed by atoms with Gasteiger partial charge in [0.25, 0.3) is 0 Å². The molecule has 1 aromatic heterocycles. The number of benzene rings is 1. The molecule has 2 saturated heterocycles. The van der Waals surface area contributed by atoms with Crippen molar-refractivity contribution in [2.45, 2.75) is 56.5 Å². The van der Waals surface area contributed by atoms with Gasteiger partial charge < -0.3 is 10.1 Å². The first-order valence-electron chi connectivity index (χ1n) is 11.0. The fourth-order valence-corrected chi connectivity index (χ4v) is 5.66. The molecule has 2 aliphatic heterocycles. The molecule has 2 atom stereocenters. The van der Waals surface area contributed by atoms with E-state index in [0.717, 1.165) is 51.3 Å². The van der Waals surface area contributed by atoms with Crippen molar-refractivity contribution >= 4 is 17.3 Å². The van der Waals surface area contributed by atoms with Gasteiger partial charge in [0, 0.05) is 49.9 Å². The van der Waals surface area contributed by atoms with Crippen molar-refractivity contribution < 1.29 is 9.53 Å². The normalized spacial score (nSPS) is 26.8. The van der Waals surface area contributed by atoms with Gasteiger partial charge in [-0.3, -0.25) is 14.6 Å². The predicted molar refractivity (Wildman–Crippen MR) is 117 cm³/mol. The summed E-state index contributed by atoms with van der Waals surface area (Å²) in [5.74, 6) is 0.481. The fourth-order valence-electron chi connectivity index (χ4n) is 5.11. The molecule has 6 nitrogen and oxygen atoms in total. The minimum absolute atomic E-state index is 0.188. The van der Waals surface area contributed by atoms with Crippen LogP contribution in [0.1, 0.15) is 43.4 Å². The standard InChI is InChI=1S/C23H30N4O2S/c1-17(28)29-23(14-26(15-23)12-20-13-30-16-24-20)27-9-7-19(8-10-27)25-22-11-21(22)18-5-3-2-4-6-18/h2-6,13,16,19,21-22,25H,7-12,14-15H2,1H3/t21-,22+/m0/s1. The smallest absolute Gasteiger partial charge is 0.304 e. The summed E-state index contributed by atoms with van der Waals surface area (Å²) in [6.07, 6.45) is 3.45. The van der Waals surface area contributed by atoms with Crippen LogP contribution >= 0.6 is 11.3 Å². The summed E-state index contributed by atoms with van der Waals surface area (Å²) in [5, 5.41) is 5.96. The zero-order valence-corrected chi connectivity index (χ0v) is 18.3. The maximum absolute atomic E-state index is 11.8. The summed E-state index contributed by atoms with van der Waals surface area (Å²) in [5.41, 5.74) is 3.96. The number of piperidine rings is 1. The first-order valence-corrected chi connectivity index (χ1v) is 11.9. The van der Waals surface area contributed by atoms with Gasteiger partial charge in [0.05, 0.1) is 24.3 Å². The molecule has 0 radical (unpaired) electrons. The highest BCUT2D eigenvalue weighted by atomic mass is 32.1. The Labute approximate surface area is 182 Å². The molecule has 3 heterocycles. The largest absolute Gasteiger partial charge is 0.441 e. The lowest BCUT2D eigenvalue weighted by Crippen LogP contribution is -2.72. The van der Waals surface area contributed by atoms with Crippen molar-refractivity contribution in [1.29, 1.82) is 0 Å². The molecule has 30 heavy (non-hydrogen) atoms. The highest BCUT2D eigenvalue weighted by Crippen LogP contribution is 2.41. The number of carbonyl (C=O) groups is 1. The molecule has 0 amide bonds. The molecular weight excluding hydrogens is 396 g/mol. The first-order chi connectivity index (χ1) is 14.6. The van der Waals surface area contributed by atoms with Gasteiger partial charge >= 0.3 is 5.97 Å². The van der Waals surface area contributed by atoms with Crippen LogP contribution in [0.4, 0.5) is 0 Å². The summed E-state index contributed by atoms with van der Waals surface area (Å²) in [6.45, 7) is 5.82. The summed E-state index contributed by atoms with van der Waals surface area (Å²) in [4.78, 5) is 20.9. The summed E-state index contributed by atoms with van der Waals surface area (Å²) in [6, 6.07) is 12.0. The third-order valence-corrected chi connectivity index (χ3v) is 7.32. The molecule has 1 saturated carbocycles.